The number of para-hydroxylation sites is 1. The van der Waals surface area contributed by atoms with Crippen molar-refractivity contribution in [2.75, 3.05) is 0 Å². The zero-order chi connectivity index (χ0) is 28.2. The molecule has 2 aromatic heterocycles. The van der Waals surface area contributed by atoms with E-state index in [9.17, 15) is 14.9 Å². The lowest BCUT2D eigenvalue weighted by molar-refractivity contribution is -0.141. The second-order valence-corrected chi connectivity index (χ2v) is 9.63. The van der Waals surface area contributed by atoms with E-state index in [2.05, 4.69) is 4.98 Å². The first kappa shape index (κ1) is 26.3. The van der Waals surface area contributed by atoms with Crippen LogP contribution in [0.15, 0.2) is 102 Å². The van der Waals surface area contributed by atoms with Gasteiger partial charge in [-0.25, -0.2) is 4.68 Å². The highest BCUT2D eigenvalue weighted by atomic mass is 16.5. The third kappa shape index (κ3) is 5.31. The van der Waals surface area contributed by atoms with E-state index in [1.807, 2.05) is 80.7 Å². The summed E-state index contributed by atoms with van der Waals surface area (Å²) in [7, 11) is 0. The van der Waals surface area contributed by atoms with Crippen molar-refractivity contribution in [1.29, 1.82) is 5.26 Å². The van der Waals surface area contributed by atoms with Gasteiger partial charge in [0.15, 0.2) is 0 Å². The maximum atomic E-state index is 13.7. The molecule has 2 amide bonds. The number of amides is 2. The number of nitrogens with zero attached hydrogens (tertiary/aromatic N) is 5. The molecule has 198 valence electrons. The number of hydrogen-bond acceptors (Lipinski definition) is 6. The average Bonchev–Trinajstić information content (AvgIpc) is 3.39. The average molecular weight is 530 g/mol. The largest absolute Gasteiger partial charge is 0.491 e. The summed E-state index contributed by atoms with van der Waals surface area (Å²) in [4.78, 5) is 32.0. The van der Waals surface area contributed by atoms with Crippen LogP contribution in [0.1, 0.15) is 31.9 Å². The molecular formula is C32H27N5O3. The van der Waals surface area contributed by atoms with Crippen molar-refractivity contribution in [2.24, 2.45) is 0 Å². The Morgan fingerprint density at radius 1 is 1.00 bits per heavy atom. The number of carbonyl (C=O) groups excluding carboxylic acids is 2. The molecule has 0 spiro atoms. The highest BCUT2D eigenvalue weighted by molar-refractivity contribution is 6.19. The van der Waals surface area contributed by atoms with Gasteiger partial charge in [-0.3, -0.25) is 19.5 Å². The topological polar surface area (TPSA) is 101 Å². The molecule has 8 nitrogen and oxygen atoms in total. The lowest BCUT2D eigenvalue weighted by Crippen LogP contribution is -2.42. The van der Waals surface area contributed by atoms with E-state index >= 15 is 0 Å². The summed E-state index contributed by atoms with van der Waals surface area (Å²) < 4.78 is 7.54. The third-order valence-electron chi connectivity index (χ3n) is 6.45. The monoisotopic (exact) mass is 529 g/mol. The second-order valence-electron chi connectivity index (χ2n) is 9.63. The number of rotatable bonds is 7. The first-order valence-corrected chi connectivity index (χ1v) is 12.9. The zero-order valence-corrected chi connectivity index (χ0v) is 22.4. The molecule has 2 aromatic carbocycles. The molecule has 3 heterocycles. The summed E-state index contributed by atoms with van der Waals surface area (Å²) in [5, 5.41) is 14.7. The van der Waals surface area contributed by atoms with Gasteiger partial charge < -0.3 is 4.74 Å². The maximum absolute atomic E-state index is 13.7. The molecule has 40 heavy (non-hydrogen) atoms. The number of pyridine rings is 1. The molecular weight excluding hydrogens is 502 g/mol. The molecule has 1 aliphatic rings. The zero-order valence-electron chi connectivity index (χ0n) is 22.4. The molecule has 0 atom stereocenters. The van der Waals surface area contributed by atoms with Gasteiger partial charge in [0, 0.05) is 35.3 Å². The highest BCUT2D eigenvalue weighted by Crippen LogP contribution is 2.32. The molecule has 4 aromatic rings. The Labute approximate surface area is 232 Å². The quantitative estimate of drug-likeness (QED) is 0.231. The van der Waals surface area contributed by atoms with Crippen LogP contribution < -0.4 is 4.74 Å². The highest BCUT2D eigenvalue weighted by Gasteiger charge is 2.35. The summed E-state index contributed by atoms with van der Waals surface area (Å²) in [6.07, 6.45) is 6.80. The normalized spacial score (nSPS) is 14.7. The maximum Gasteiger partial charge on any atom is 0.271 e. The van der Waals surface area contributed by atoms with E-state index in [1.54, 1.807) is 42.2 Å². The van der Waals surface area contributed by atoms with Crippen LogP contribution in [-0.4, -0.2) is 37.6 Å². The van der Waals surface area contributed by atoms with Crippen LogP contribution in [0.5, 0.6) is 5.75 Å². The first-order valence-electron chi connectivity index (χ1n) is 12.9. The van der Waals surface area contributed by atoms with E-state index in [0.717, 1.165) is 21.9 Å². The number of ether oxygens (including phenoxy) is 1. The van der Waals surface area contributed by atoms with Crippen molar-refractivity contribution in [1.82, 2.24) is 19.7 Å². The predicted molar refractivity (Wildman–Crippen MR) is 151 cm³/mol. The van der Waals surface area contributed by atoms with Gasteiger partial charge in [-0.05, 0) is 80.4 Å². The molecule has 8 heteroatoms. The van der Waals surface area contributed by atoms with Crippen LogP contribution in [0.4, 0.5) is 0 Å². The van der Waals surface area contributed by atoms with E-state index in [1.165, 1.54) is 0 Å². The first-order chi connectivity index (χ1) is 19.4. The molecule has 0 radical (unpaired) electrons. The Hall–Kier alpha value is -5.29. The number of benzene rings is 2. The summed E-state index contributed by atoms with van der Waals surface area (Å²) in [6.45, 7) is 5.57. The molecule has 0 saturated carbocycles. The van der Waals surface area contributed by atoms with Gasteiger partial charge in [-0.2, -0.15) is 10.4 Å². The van der Waals surface area contributed by atoms with E-state index < -0.39 is 11.8 Å². The van der Waals surface area contributed by atoms with Gasteiger partial charge in [0.05, 0.1) is 24.0 Å². The summed E-state index contributed by atoms with van der Waals surface area (Å²) >= 11 is 0. The number of imide groups is 1. The van der Waals surface area contributed by atoms with Crippen LogP contribution in [-0.2, 0) is 16.1 Å². The van der Waals surface area contributed by atoms with Gasteiger partial charge in [0.2, 0.25) is 0 Å². The van der Waals surface area contributed by atoms with E-state index in [-0.39, 0.29) is 23.8 Å². The molecule has 0 unspecified atom stereocenters. The Balaban J connectivity index is 1.62. The fraction of sp³-hybridized carbons (Fsp3) is 0.156. The number of hydrogen-bond donors (Lipinski definition) is 0. The molecule has 0 saturated heterocycles. The molecule has 0 fully saturated rings. The van der Waals surface area contributed by atoms with Crippen molar-refractivity contribution in [3.63, 3.8) is 0 Å². The van der Waals surface area contributed by atoms with Crippen molar-refractivity contribution < 1.29 is 14.3 Å². The van der Waals surface area contributed by atoms with E-state index in [0.29, 0.717) is 22.4 Å². The number of carbonyl (C=O) groups is 2. The standard InChI is InChI=1S/C32H27N5O3/c1-21(2)40-27-13-11-24(12-14-27)30-25(20-37(35-30)26-9-5-4-6-10-26)16-28-22(3)29(17-33)32(39)36(31(28)38)19-23-8-7-15-34-18-23/h4-16,18,20-21H,19H2,1-3H3/b28-16+. The van der Waals surface area contributed by atoms with Crippen molar-refractivity contribution in [3.8, 4) is 28.8 Å². The molecule has 0 bridgehead atoms. The Bertz CT molecular complexity index is 1660. The fourth-order valence-electron chi connectivity index (χ4n) is 4.50. The van der Waals surface area contributed by atoms with Crippen LogP contribution in [0.3, 0.4) is 0 Å². The molecule has 0 aliphatic carbocycles. The Morgan fingerprint density at radius 2 is 1.75 bits per heavy atom. The Morgan fingerprint density at radius 3 is 2.40 bits per heavy atom. The molecule has 1 aliphatic heterocycles. The minimum atomic E-state index is -0.619. The smallest absolute Gasteiger partial charge is 0.271 e. The van der Waals surface area contributed by atoms with Gasteiger partial charge in [-0.15, -0.1) is 0 Å². The fourth-order valence-corrected chi connectivity index (χ4v) is 4.50. The summed E-state index contributed by atoms with van der Waals surface area (Å²) in [5.41, 5.74) is 4.18. The molecule has 0 N–H and O–H groups in total. The van der Waals surface area contributed by atoms with Crippen molar-refractivity contribution in [2.45, 2.75) is 33.4 Å². The lowest BCUT2D eigenvalue weighted by Gasteiger charge is -2.27. The second kappa shape index (κ2) is 11.2. The Kier molecular flexibility index (Phi) is 7.38. The van der Waals surface area contributed by atoms with Gasteiger partial charge in [0.1, 0.15) is 17.4 Å². The SMILES string of the molecule is CC1=C(C#N)C(=O)N(Cc2cccnc2)C(=O)/C1=C/c1cn(-c2ccccc2)nc1-c1ccc(OC(C)C)cc1. The summed E-state index contributed by atoms with van der Waals surface area (Å²) in [5.74, 6) is -0.359. The minimum absolute atomic E-state index is 0.00868. The van der Waals surface area contributed by atoms with Gasteiger partial charge in [-0.1, -0.05) is 24.3 Å². The molecule has 5 rings (SSSR count). The predicted octanol–water partition coefficient (Wildman–Crippen LogP) is 5.51. The van der Waals surface area contributed by atoms with Crippen molar-refractivity contribution >= 4 is 17.9 Å². The van der Waals surface area contributed by atoms with Gasteiger partial charge >= 0.3 is 0 Å². The number of nitriles is 1. The van der Waals surface area contributed by atoms with Crippen LogP contribution >= 0.6 is 0 Å². The lowest BCUT2D eigenvalue weighted by atomic mass is 9.93. The number of aromatic nitrogens is 3. The van der Waals surface area contributed by atoms with Crippen LogP contribution in [0, 0.1) is 11.3 Å². The third-order valence-corrected chi connectivity index (χ3v) is 6.45. The van der Waals surface area contributed by atoms with Crippen LogP contribution in [0.2, 0.25) is 0 Å². The van der Waals surface area contributed by atoms with Crippen LogP contribution in [0.25, 0.3) is 23.0 Å². The van der Waals surface area contributed by atoms with Gasteiger partial charge in [0.25, 0.3) is 11.8 Å². The minimum Gasteiger partial charge on any atom is -0.491 e. The van der Waals surface area contributed by atoms with Crippen molar-refractivity contribution in [3.05, 3.63) is 113 Å². The van der Waals surface area contributed by atoms with E-state index in [4.69, 9.17) is 9.84 Å². The summed E-state index contributed by atoms with van der Waals surface area (Å²) in [6, 6.07) is 22.8.